The summed E-state index contributed by atoms with van der Waals surface area (Å²) in [6.07, 6.45) is 4.99. The van der Waals surface area contributed by atoms with Crippen LogP contribution in [0.3, 0.4) is 0 Å². The lowest BCUT2D eigenvalue weighted by Crippen LogP contribution is -2.49. The average Bonchev–Trinajstić information content (AvgIpc) is 3.24. The van der Waals surface area contributed by atoms with Crippen LogP contribution in [0.25, 0.3) is 0 Å². The summed E-state index contributed by atoms with van der Waals surface area (Å²) in [5.74, 6) is 1.17. The average molecular weight is 477 g/mol. The van der Waals surface area contributed by atoms with Gasteiger partial charge in [0, 0.05) is 38.3 Å². The van der Waals surface area contributed by atoms with E-state index in [0.29, 0.717) is 41.0 Å². The number of hydrogen-bond acceptors (Lipinski definition) is 5. The molecule has 0 aliphatic carbocycles. The van der Waals surface area contributed by atoms with Gasteiger partial charge in [-0.3, -0.25) is 9.59 Å². The van der Waals surface area contributed by atoms with E-state index in [-0.39, 0.29) is 17.9 Å². The van der Waals surface area contributed by atoms with Crippen LogP contribution < -0.4 is 15.0 Å². The van der Waals surface area contributed by atoms with E-state index < -0.39 is 6.04 Å². The van der Waals surface area contributed by atoms with E-state index in [1.165, 1.54) is 6.92 Å². The van der Waals surface area contributed by atoms with E-state index in [1.807, 2.05) is 12.1 Å². The molecule has 1 N–H and O–H groups in total. The quantitative estimate of drug-likeness (QED) is 0.692. The second-order valence-electron chi connectivity index (χ2n) is 8.17. The Morgan fingerprint density at radius 3 is 2.69 bits per heavy atom. The molecule has 2 aliphatic heterocycles. The van der Waals surface area contributed by atoms with Crippen molar-refractivity contribution >= 4 is 46.5 Å². The standard InChI is InChI=1S/C23H26Cl2N4O3/c1-15(30)29-10-3-2-4-20(29)23(31)27-17-6-7-21(19(25)12-17)32-18-9-11-28(14-18)22-8-5-16(24)13-26-22/h5-8,12-13,18,20H,2-4,9-11,14H2,1H3,(H,27,31)/t18-,20+/m0/s1. The molecule has 9 heteroatoms. The van der Waals surface area contributed by atoms with Gasteiger partial charge in [0.25, 0.3) is 0 Å². The number of pyridine rings is 1. The summed E-state index contributed by atoms with van der Waals surface area (Å²) in [7, 11) is 0. The Morgan fingerprint density at radius 2 is 1.97 bits per heavy atom. The van der Waals surface area contributed by atoms with Crippen molar-refractivity contribution in [2.45, 2.75) is 44.8 Å². The second kappa shape index (κ2) is 9.96. The summed E-state index contributed by atoms with van der Waals surface area (Å²) < 4.78 is 6.11. The molecule has 0 bridgehead atoms. The molecule has 0 spiro atoms. The number of nitrogens with one attached hydrogen (secondary N) is 1. The third kappa shape index (κ3) is 5.27. The minimum Gasteiger partial charge on any atom is -0.487 e. The summed E-state index contributed by atoms with van der Waals surface area (Å²) in [6.45, 7) is 3.65. The first-order valence-corrected chi connectivity index (χ1v) is 11.6. The van der Waals surface area contributed by atoms with Gasteiger partial charge in [0.2, 0.25) is 11.8 Å². The normalized spacial score (nSPS) is 20.8. The monoisotopic (exact) mass is 476 g/mol. The Morgan fingerprint density at radius 1 is 1.12 bits per heavy atom. The number of nitrogens with zero attached hydrogens (tertiary/aromatic N) is 3. The molecule has 3 heterocycles. The van der Waals surface area contributed by atoms with Gasteiger partial charge in [-0.2, -0.15) is 0 Å². The highest BCUT2D eigenvalue weighted by Gasteiger charge is 2.30. The van der Waals surface area contributed by atoms with Crippen molar-refractivity contribution < 1.29 is 14.3 Å². The molecule has 0 unspecified atom stereocenters. The summed E-state index contributed by atoms with van der Waals surface area (Å²) in [6, 6.07) is 8.50. The van der Waals surface area contributed by atoms with Crippen LogP contribution in [0.2, 0.25) is 10.0 Å². The van der Waals surface area contributed by atoms with Gasteiger partial charge in [-0.15, -0.1) is 0 Å². The summed E-state index contributed by atoms with van der Waals surface area (Å²) >= 11 is 12.4. The van der Waals surface area contributed by atoms with E-state index in [4.69, 9.17) is 27.9 Å². The van der Waals surface area contributed by atoms with Crippen molar-refractivity contribution in [3.8, 4) is 5.75 Å². The van der Waals surface area contributed by atoms with Gasteiger partial charge in [-0.1, -0.05) is 23.2 Å². The molecular weight excluding hydrogens is 451 g/mol. The van der Waals surface area contributed by atoms with E-state index in [2.05, 4.69) is 15.2 Å². The zero-order valence-electron chi connectivity index (χ0n) is 17.9. The fourth-order valence-electron chi connectivity index (χ4n) is 4.25. The molecule has 7 nitrogen and oxygen atoms in total. The van der Waals surface area contributed by atoms with Gasteiger partial charge in [0.15, 0.2) is 0 Å². The molecule has 2 aliphatic rings. The Hall–Kier alpha value is -2.51. The number of carbonyl (C=O) groups excluding carboxylic acids is 2. The van der Waals surface area contributed by atoms with E-state index >= 15 is 0 Å². The lowest BCUT2D eigenvalue weighted by atomic mass is 10.0. The molecule has 0 saturated carbocycles. The smallest absolute Gasteiger partial charge is 0.247 e. The van der Waals surface area contributed by atoms with Gasteiger partial charge >= 0.3 is 0 Å². The Balaban J connectivity index is 1.35. The zero-order chi connectivity index (χ0) is 22.7. The first-order valence-electron chi connectivity index (χ1n) is 10.8. The van der Waals surface area contributed by atoms with E-state index in [9.17, 15) is 9.59 Å². The van der Waals surface area contributed by atoms with Crippen molar-refractivity contribution in [1.82, 2.24) is 9.88 Å². The van der Waals surface area contributed by atoms with Crippen LogP contribution in [0.1, 0.15) is 32.6 Å². The second-order valence-corrected chi connectivity index (χ2v) is 9.01. The maximum Gasteiger partial charge on any atom is 0.247 e. The minimum atomic E-state index is -0.443. The Bertz CT molecular complexity index is 986. The van der Waals surface area contributed by atoms with Crippen molar-refractivity contribution in [1.29, 1.82) is 0 Å². The number of benzene rings is 1. The molecule has 1 aromatic carbocycles. The maximum absolute atomic E-state index is 12.8. The Labute approximate surface area is 197 Å². The van der Waals surface area contributed by atoms with Gasteiger partial charge in [0.05, 0.1) is 16.6 Å². The van der Waals surface area contributed by atoms with E-state index in [1.54, 1.807) is 29.3 Å². The van der Waals surface area contributed by atoms with Gasteiger partial charge < -0.3 is 19.9 Å². The fourth-order valence-corrected chi connectivity index (χ4v) is 4.58. The number of aromatic nitrogens is 1. The minimum absolute atomic E-state index is 0.0169. The predicted octanol–water partition coefficient (Wildman–Crippen LogP) is 4.39. The maximum atomic E-state index is 12.8. The van der Waals surface area contributed by atoms with Crippen LogP contribution in [0, 0.1) is 0 Å². The topological polar surface area (TPSA) is 74.8 Å². The third-order valence-electron chi connectivity index (χ3n) is 5.88. The van der Waals surface area contributed by atoms with Crippen LogP contribution in [-0.4, -0.2) is 53.5 Å². The molecule has 2 amide bonds. The zero-order valence-corrected chi connectivity index (χ0v) is 19.4. The number of halogens is 2. The molecule has 2 fully saturated rings. The number of hydrogen-bond donors (Lipinski definition) is 1. The third-order valence-corrected chi connectivity index (χ3v) is 6.40. The molecule has 1 aromatic heterocycles. The molecule has 2 aromatic rings. The summed E-state index contributed by atoms with van der Waals surface area (Å²) in [5, 5.41) is 3.93. The number of rotatable bonds is 5. The first-order chi connectivity index (χ1) is 15.4. The summed E-state index contributed by atoms with van der Waals surface area (Å²) in [4.78, 5) is 32.7. The lowest BCUT2D eigenvalue weighted by molar-refractivity contribution is -0.138. The number of ether oxygens (including phenoxy) is 1. The number of piperidine rings is 1. The van der Waals surface area contributed by atoms with Gasteiger partial charge in [-0.05, 0) is 49.6 Å². The highest BCUT2D eigenvalue weighted by Crippen LogP contribution is 2.31. The number of amides is 2. The Kier molecular flexibility index (Phi) is 7.06. The number of carbonyl (C=O) groups is 2. The molecule has 170 valence electrons. The molecular formula is C23H26Cl2N4O3. The van der Waals surface area contributed by atoms with Gasteiger partial charge in [0.1, 0.15) is 23.7 Å². The van der Waals surface area contributed by atoms with Crippen LogP contribution >= 0.6 is 23.2 Å². The van der Waals surface area contributed by atoms with Crippen LogP contribution in [0.4, 0.5) is 11.5 Å². The number of anilines is 2. The van der Waals surface area contributed by atoms with E-state index in [0.717, 1.165) is 31.6 Å². The molecule has 32 heavy (non-hydrogen) atoms. The number of likely N-dealkylation sites (tertiary alicyclic amines) is 1. The van der Waals surface area contributed by atoms with Crippen LogP contribution in [0.5, 0.6) is 5.75 Å². The van der Waals surface area contributed by atoms with Crippen molar-refractivity contribution in [2.24, 2.45) is 0 Å². The highest BCUT2D eigenvalue weighted by atomic mass is 35.5. The van der Waals surface area contributed by atoms with Crippen molar-refractivity contribution in [3.63, 3.8) is 0 Å². The molecule has 2 saturated heterocycles. The molecule has 2 atom stereocenters. The van der Waals surface area contributed by atoms with Crippen LogP contribution in [0.15, 0.2) is 36.5 Å². The lowest BCUT2D eigenvalue weighted by Gasteiger charge is -2.33. The fraction of sp³-hybridized carbons (Fsp3) is 0.435. The largest absolute Gasteiger partial charge is 0.487 e. The van der Waals surface area contributed by atoms with Crippen molar-refractivity contribution in [2.75, 3.05) is 29.9 Å². The van der Waals surface area contributed by atoms with Crippen molar-refractivity contribution in [3.05, 3.63) is 46.6 Å². The predicted molar refractivity (Wildman–Crippen MR) is 126 cm³/mol. The highest BCUT2D eigenvalue weighted by molar-refractivity contribution is 6.32. The summed E-state index contributed by atoms with van der Waals surface area (Å²) in [5.41, 5.74) is 0.583. The SMILES string of the molecule is CC(=O)N1CCCC[C@@H]1C(=O)Nc1ccc(O[C@H]2CCN(c3ccc(Cl)cn3)C2)c(Cl)c1. The first kappa shape index (κ1) is 22.7. The van der Waals surface area contributed by atoms with Crippen LogP contribution in [-0.2, 0) is 9.59 Å². The van der Waals surface area contributed by atoms with Gasteiger partial charge in [-0.25, -0.2) is 4.98 Å². The molecule has 0 radical (unpaired) electrons. The molecule has 4 rings (SSSR count).